The Morgan fingerprint density at radius 1 is 1.35 bits per heavy atom. The van der Waals surface area contributed by atoms with E-state index in [2.05, 4.69) is 0 Å². The number of rotatable bonds is 4. The topological polar surface area (TPSA) is 57.6 Å². The maximum Gasteiger partial charge on any atom is 0.265 e. The summed E-state index contributed by atoms with van der Waals surface area (Å²) in [4.78, 5) is 1.31. The SMILES string of the molecule is Cc1sc(CO)cc1S(=O)(=O)N(C)c1cccc(F)c1. The van der Waals surface area contributed by atoms with Gasteiger partial charge in [0, 0.05) is 16.8 Å². The highest BCUT2D eigenvalue weighted by atomic mass is 32.2. The Kier molecular flexibility index (Phi) is 4.12. The van der Waals surface area contributed by atoms with Crippen LogP contribution in [0.25, 0.3) is 0 Å². The number of aliphatic hydroxyl groups excluding tert-OH is 1. The van der Waals surface area contributed by atoms with Crippen LogP contribution in [-0.4, -0.2) is 20.6 Å². The number of thiophene rings is 1. The number of benzene rings is 1. The summed E-state index contributed by atoms with van der Waals surface area (Å²) in [6, 6.07) is 6.84. The Balaban J connectivity index is 2.46. The lowest BCUT2D eigenvalue weighted by Gasteiger charge is -2.19. The van der Waals surface area contributed by atoms with Gasteiger partial charge in [-0.25, -0.2) is 12.8 Å². The first-order chi connectivity index (χ1) is 9.36. The number of hydrogen-bond acceptors (Lipinski definition) is 4. The third-order valence-electron chi connectivity index (χ3n) is 2.89. The molecule has 0 aliphatic carbocycles. The van der Waals surface area contributed by atoms with Crippen molar-refractivity contribution in [3.05, 3.63) is 45.9 Å². The summed E-state index contributed by atoms with van der Waals surface area (Å²) in [5.74, 6) is -0.498. The van der Waals surface area contributed by atoms with Crippen molar-refractivity contribution in [1.82, 2.24) is 0 Å². The molecule has 0 unspecified atom stereocenters. The van der Waals surface area contributed by atoms with E-state index in [9.17, 15) is 12.8 Å². The molecule has 2 rings (SSSR count). The van der Waals surface area contributed by atoms with Crippen molar-refractivity contribution in [3.8, 4) is 0 Å². The predicted molar refractivity (Wildman–Crippen MR) is 77.0 cm³/mol. The van der Waals surface area contributed by atoms with Crippen molar-refractivity contribution in [3.63, 3.8) is 0 Å². The van der Waals surface area contributed by atoms with Gasteiger partial charge >= 0.3 is 0 Å². The van der Waals surface area contributed by atoms with Crippen LogP contribution in [0.3, 0.4) is 0 Å². The zero-order valence-electron chi connectivity index (χ0n) is 11.0. The Morgan fingerprint density at radius 3 is 2.60 bits per heavy atom. The first kappa shape index (κ1) is 15.0. The second kappa shape index (κ2) is 5.51. The molecule has 1 heterocycles. The molecule has 2 aromatic rings. The fourth-order valence-corrected chi connectivity index (χ4v) is 4.47. The van der Waals surface area contributed by atoms with E-state index in [1.807, 2.05) is 0 Å². The number of aliphatic hydroxyl groups is 1. The summed E-state index contributed by atoms with van der Waals surface area (Å²) in [6.07, 6.45) is 0. The van der Waals surface area contributed by atoms with Gasteiger partial charge in [-0.3, -0.25) is 4.31 Å². The molecule has 0 radical (unpaired) electrons. The van der Waals surface area contributed by atoms with Gasteiger partial charge in [-0.05, 0) is 31.2 Å². The minimum atomic E-state index is -3.76. The van der Waals surface area contributed by atoms with Crippen molar-refractivity contribution >= 4 is 27.0 Å². The molecular weight excluding hydrogens is 301 g/mol. The normalized spacial score (nSPS) is 11.6. The minimum Gasteiger partial charge on any atom is -0.391 e. The molecule has 1 aromatic heterocycles. The molecule has 0 spiro atoms. The van der Waals surface area contributed by atoms with E-state index < -0.39 is 15.8 Å². The largest absolute Gasteiger partial charge is 0.391 e. The third kappa shape index (κ3) is 2.70. The molecule has 0 amide bonds. The monoisotopic (exact) mass is 315 g/mol. The van der Waals surface area contributed by atoms with Crippen LogP contribution in [0.5, 0.6) is 0 Å². The molecular formula is C13H14FNO3S2. The molecule has 108 valence electrons. The highest BCUT2D eigenvalue weighted by Crippen LogP contribution is 2.30. The first-order valence-corrected chi connectivity index (χ1v) is 8.06. The summed E-state index contributed by atoms with van der Waals surface area (Å²) >= 11 is 1.23. The molecule has 0 aliphatic heterocycles. The Morgan fingerprint density at radius 2 is 2.05 bits per heavy atom. The minimum absolute atomic E-state index is 0.137. The van der Waals surface area contributed by atoms with Gasteiger partial charge in [0.05, 0.1) is 12.3 Å². The van der Waals surface area contributed by atoms with Crippen LogP contribution >= 0.6 is 11.3 Å². The van der Waals surface area contributed by atoms with E-state index in [4.69, 9.17) is 5.11 Å². The van der Waals surface area contributed by atoms with Crippen molar-refractivity contribution in [1.29, 1.82) is 0 Å². The van der Waals surface area contributed by atoms with Crippen LogP contribution in [0.2, 0.25) is 0 Å². The number of aryl methyl sites for hydroxylation is 1. The fraction of sp³-hybridized carbons (Fsp3) is 0.231. The van der Waals surface area contributed by atoms with Crippen LogP contribution in [0.4, 0.5) is 10.1 Å². The number of nitrogens with zero attached hydrogens (tertiary/aromatic N) is 1. The van der Waals surface area contributed by atoms with Crippen LogP contribution in [-0.2, 0) is 16.6 Å². The lowest BCUT2D eigenvalue weighted by molar-refractivity contribution is 0.285. The van der Waals surface area contributed by atoms with Gasteiger partial charge in [0.2, 0.25) is 0 Å². The Bertz CT molecular complexity index is 725. The number of hydrogen-bond donors (Lipinski definition) is 1. The van der Waals surface area contributed by atoms with E-state index in [-0.39, 0.29) is 17.2 Å². The highest BCUT2D eigenvalue weighted by Gasteiger charge is 2.25. The number of anilines is 1. The first-order valence-electron chi connectivity index (χ1n) is 5.81. The Hall–Kier alpha value is -1.44. The maximum atomic E-state index is 13.2. The van der Waals surface area contributed by atoms with E-state index in [1.165, 1.54) is 42.6 Å². The summed E-state index contributed by atoms with van der Waals surface area (Å²) in [5, 5.41) is 9.09. The molecule has 7 heteroatoms. The average Bonchev–Trinajstić information content (AvgIpc) is 2.80. The molecule has 0 saturated heterocycles. The van der Waals surface area contributed by atoms with Crippen molar-refractivity contribution in [2.45, 2.75) is 18.4 Å². The molecule has 20 heavy (non-hydrogen) atoms. The molecule has 1 N–H and O–H groups in total. The molecule has 4 nitrogen and oxygen atoms in total. The molecule has 0 fully saturated rings. The van der Waals surface area contributed by atoms with E-state index >= 15 is 0 Å². The second-order valence-corrected chi connectivity index (χ2v) is 7.52. The Labute approximate surface area is 121 Å². The zero-order valence-corrected chi connectivity index (χ0v) is 12.6. The van der Waals surface area contributed by atoms with Crippen LogP contribution < -0.4 is 4.31 Å². The lowest BCUT2D eigenvalue weighted by Crippen LogP contribution is -2.26. The average molecular weight is 315 g/mol. The third-order valence-corrected chi connectivity index (χ3v) is 5.97. The van der Waals surface area contributed by atoms with Gasteiger partial charge in [0.1, 0.15) is 10.7 Å². The molecule has 1 aromatic carbocycles. The van der Waals surface area contributed by atoms with Crippen LogP contribution in [0.1, 0.15) is 9.75 Å². The van der Waals surface area contributed by atoms with E-state index in [0.29, 0.717) is 9.75 Å². The smallest absolute Gasteiger partial charge is 0.265 e. The second-order valence-electron chi connectivity index (χ2n) is 4.24. The summed E-state index contributed by atoms with van der Waals surface area (Å²) < 4.78 is 39.3. The highest BCUT2D eigenvalue weighted by molar-refractivity contribution is 7.93. The maximum absolute atomic E-state index is 13.2. The summed E-state index contributed by atoms with van der Waals surface area (Å²) in [6.45, 7) is 1.47. The van der Waals surface area contributed by atoms with Gasteiger partial charge < -0.3 is 5.11 Å². The standard InChI is InChI=1S/C13H14FNO3S2/c1-9-13(7-12(8-16)19-9)20(17,18)15(2)11-5-3-4-10(14)6-11/h3-7,16H,8H2,1-2H3. The quantitative estimate of drug-likeness (QED) is 0.943. The van der Waals surface area contributed by atoms with Gasteiger partial charge in [-0.15, -0.1) is 11.3 Å². The summed E-state index contributed by atoms with van der Waals surface area (Å²) in [7, 11) is -2.39. The zero-order chi connectivity index (χ0) is 14.9. The van der Waals surface area contributed by atoms with Crippen molar-refractivity contribution < 1.29 is 17.9 Å². The van der Waals surface area contributed by atoms with Gasteiger partial charge in [-0.1, -0.05) is 6.07 Å². The van der Waals surface area contributed by atoms with E-state index in [0.717, 1.165) is 10.4 Å². The van der Waals surface area contributed by atoms with Gasteiger partial charge in [0.25, 0.3) is 10.0 Å². The number of halogens is 1. The van der Waals surface area contributed by atoms with Crippen molar-refractivity contribution in [2.24, 2.45) is 0 Å². The molecule has 0 atom stereocenters. The van der Waals surface area contributed by atoms with Gasteiger partial charge in [-0.2, -0.15) is 0 Å². The van der Waals surface area contributed by atoms with E-state index in [1.54, 1.807) is 6.92 Å². The van der Waals surface area contributed by atoms with Gasteiger partial charge in [0.15, 0.2) is 0 Å². The molecule has 0 saturated carbocycles. The molecule has 0 bridgehead atoms. The lowest BCUT2D eigenvalue weighted by atomic mass is 10.3. The predicted octanol–water partition coefficient (Wildman–Crippen LogP) is 2.51. The number of sulfonamides is 1. The van der Waals surface area contributed by atoms with Crippen molar-refractivity contribution in [2.75, 3.05) is 11.4 Å². The summed E-state index contributed by atoms with van der Waals surface area (Å²) in [5.41, 5.74) is 0.251. The molecule has 0 aliphatic rings. The van der Waals surface area contributed by atoms with Crippen LogP contribution in [0.15, 0.2) is 35.2 Å². The van der Waals surface area contributed by atoms with Crippen LogP contribution in [0, 0.1) is 12.7 Å². The fourth-order valence-electron chi connectivity index (χ4n) is 1.82.